The van der Waals surface area contributed by atoms with Crippen LogP contribution in [0.4, 0.5) is 0 Å². The molecule has 0 saturated carbocycles. The van der Waals surface area contributed by atoms with Gasteiger partial charge in [0.25, 0.3) is 5.91 Å². The number of nitrogens with one attached hydrogen (secondary N) is 1. The van der Waals surface area contributed by atoms with Crippen LogP contribution < -0.4 is 5.32 Å². The third-order valence-electron chi connectivity index (χ3n) is 4.71. The average molecular weight is 400 g/mol. The van der Waals surface area contributed by atoms with Crippen molar-refractivity contribution in [3.8, 4) is 11.3 Å². The first-order valence-corrected chi connectivity index (χ1v) is 9.45. The van der Waals surface area contributed by atoms with Crippen LogP contribution in [0.3, 0.4) is 0 Å². The van der Waals surface area contributed by atoms with E-state index in [-0.39, 0.29) is 11.6 Å². The maximum atomic E-state index is 12.5. The molecule has 4 aromatic rings. The zero-order valence-electron chi connectivity index (χ0n) is 16.9. The molecule has 4 aromatic heterocycles. The molecule has 8 heteroatoms. The highest BCUT2D eigenvalue weighted by molar-refractivity contribution is 5.95. The molecule has 0 radical (unpaired) electrons. The third kappa shape index (κ3) is 3.93. The van der Waals surface area contributed by atoms with Crippen LogP contribution in [0, 0.1) is 13.8 Å². The summed E-state index contributed by atoms with van der Waals surface area (Å²) in [6.45, 7) is 5.71. The van der Waals surface area contributed by atoms with Gasteiger partial charge in [-0.25, -0.2) is 9.50 Å². The molecule has 0 aliphatic heterocycles. The summed E-state index contributed by atoms with van der Waals surface area (Å²) in [5.41, 5.74) is 5.68. The molecule has 4 heterocycles. The predicted octanol–water partition coefficient (Wildman–Crippen LogP) is 2.94. The molecule has 0 aliphatic carbocycles. The van der Waals surface area contributed by atoms with Crippen LogP contribution >= 0.6 is 0 Å². The van der Waals surface area contributed by atoms with Crippen molar-refractivity contribution in [1.82, 2.24) is 29.9 Å². The largest absolute Gasteiger partial charge is 0.345 e. The lowest BCUT2D eigenvalue weighted by molar-refractivity contribution is 0.0940. The van der Waals surface area contributed by atoms with Gasteiger partial charge < -0.3 is 5.32 Å². The van der Waals surface area contributed by atoms with Gasteiger partial charge in [0.15, 0.2) is 11.4 Å². The molecule has 150 valence electrons. The number of amides is 1. The zero-order valence-corrected chi connectivity index (χ0v) is 16.9. The van der Waals surface area contributed by atoms with E-state index in [4.69, 9.17) is 0 Å². The Labute approximate surface area is 173 Å². The smallest absolute Gasteiger partial charge is 0.291 e. The maximum absolute atomic E-state index is 12.5. The molecule has 30 heavy (non-hydrogen) atoms. The minimum atomic E-state index is -0.394. The summed E-state index contributed by atoms with van der Waals surface area (Å²) in [6, 6.07) is 9.17. The van der Waals surface area contributed by atoms with E-state index >= 15 is 0 Å². The van der Waals surface area contributed by atoms with E-state index in [1.54, 1.807) is 30.7 Å². The fourth-order valence-electron chi connectivity index (χ4n) is 3.18. The number of Topliss-reactive ketones (excluding diaryl/α,β-unsaturated/α-hetero) is 1. The normalized spacial score (nSPS) is 10.9. The molecular formula is C22H20N6O2. The Morgan fingerprint density at radius 1 is 1.10 bits per heavy atom. The molecule has 1 N–H and O–H groups in total. The number of hydrogen-bond donors (Lipinski definition) is 1. The second kappa shape index (κ2) is 7.82. The monoisotopic (exact) mass is 400 g/mol. The van der Waals surface area contributed by atoms with Crippen molar-refractivity contribution in [3.05, 3.63) is 77.1 Å². The first kappa shape index (κ1) is 19.4. The van der Waals surface area contributed by atoms with Gasteiger partial charge in [-0.15, -0.1) is 5.10 Å². The number of aryl methyl sites for hydroxylation is 2. The predicted molar refractivity (Wildman–Crippen MR) is 111 cm³/mol. The van der Waals surface area contributed by atoms with E-state index in [9.17, 15) is 9.59 Å². The Hall–Kier alpha value is -3.94. The van der Waals surface area contributed by atoms with Crippen molar-refractivity contribution in [2.45, 2.75) is 27.3 Å². The zero-order chi connectivity index (χ0) is 21.3. The van der Waals surface area contributed by atoms with E-state index in [1.165, 1.54) is 11.4 Å². The second-order valence-corrected chi connectivity index (χ2v) is 7.09. The molecule has 0 atom stereocenters. The minimum Gasteiger partial charge on any atom is -0.345 e. The first-order valence-electron chi connectivity index (χ1n) is 9.45. The van der Waals surface area contributed by atoms with Gasteiger partial charge in [0, 0.05) is 42.0 Å². The van der Waals surface area contributed by atoms with E-state index in [2.05, 4.69) is 25.4 Å². The van der Waals surface area contributed by atoms with E-state index < -0.39 is 5.91 Å². The topological polar surface area (TPSA) is 102 Å². The number of pyridine rings is 3. The number of fused-ring (bicyclic) bond motifs is 1. The van der Waals surface area contributed by atoms with Crippen molar-refractivity contribution >= 4 is 17.3 Å². The van der Waals surface area contributed by atoms with Crippen molar-refractivity contribution < 1.29 is 9.59 Å². The fourth-order valence-corrected chi connectivity index (χ4v) is 3.18. The fraction of sp³-hybridized carbons (Fsp3) is 0.182. The lowest BCUT2D eigenvalue weighted by Gasteiger charge is -2.09. The Bertz CT molecular complexity index is 1280. The third-order valence-corrected chi connectivity index (χ3v) is 4.71. The Balaban J connectivity index is 1.48. The van der Waals surface area contributed by atoms with E-state index in [0.29, 0.717) is 17.8 Å². The van der Waals surface area contributed by atoms with Crippen LogP contribution in [0.5, 0.6) is 0 Å². The first-order chi connectivity index (χ1) is 14.4. The van der Waals surface area contributed by atoms with Crippen LogP contribution in [-0.2, 0) is 6.54 Å². The summed E-state index contributed by atoms with van der Waals surface area (Å²) in [6.07, 6.45) is 5.12. The summed E-state index contributed by atoms with van der Waals surface area (Å²) in [4.78, 5) is 37.0. The molecule has 4 rings (SSSR count). The molecule has 0 saturated heterocycles. The highest BCUT2D eigenvalue weighted by atomic mass is 16.2. The van der Waals surface area contributed by atoms with E-state index in [1.807, 2.05) is 32.0 Å². The van der Waals surface area contributed by atoms with Gasteiger partial charge in [-0.05, 0) is 56.2 Å². The van der Waals surface area contributed by atoms with Gasteiger partial charge in [0.05, 0.1) is 5.69 Å². The van der Waals surface area contributed by atoms with Crippen molar-refractivity contribution in [2.75, 3.05) is 0 Å². The molecule has 0 aromatic carbocycles. The standard InChI is InChI=1S/C22H20N6O2/c1-13-8-16(11-24-20(13)18-4-6-23-14(2)9-18)12-25-22(30)21-26-19-10-17(15(3)29)5-7-28(19)27-21/h4-11H,12H2,1-3H3,(H,25,30). The Morgan fingerprint density at radius 3 is 2.67 bits per heavy atom. The van der Waals surface area contributed by atoms with Crippen LogP contribution in [0.15, 0.2) is 48.9 Å². The highest BCUT2D eigenvalue weighted by Crippen LogP contribution is 2.21. The number of aromatic nitrogens is 5. The molecule has 1 amide bonds. The van der Waals surface area contributed by atoms with Gasteiger partial charge in [-0.1, -0.05) is 6.07 Å². The van der Waals surface area contributed by atoms with Crippen LogP contribution in [0.2, 0.25) is 0 Å². The Kier molecular flexibility index (Phi) is 5.05. The lowest BCUT2D eigenvalue weighted by atomic mass is 10.1. The summed E-state index contributed by atoms with van der Waals surface area (Å²) >= 11 is 0. The summed E-state index contributed by atoms with van der Waals surface area (Å²) in [7, 11) is 0. The Morgan fingerprint density at radius 2 is 1.93 bits per heavy atom. The van der Waals surface area contributed by atoms with Crippen LogP contribution in [0.1, 0.15) is 44.7 Å². The van der Waals surface area contributed by atoms with Crippen molar-refractivity contribution in [2.24, 2.45) is 0 Å². The number of carbonyl (C=O) groups excluding carboxylic acids is 2. The summed E-state index contributed by atoms with van der Waals surface area (Å²) < 4.78 is 1.47. The molecule has 0 unspecified atom stereocenters. The number of rotatable bonds is 5. The molecule has 0 spiro atoms. The number of hydrogen-bond acceptors (Lipinski definition) is 6. The van der Waals surface area contributed by atoms with E-state index in [0.717, 1.165) is 28.1 Å². The van der Waals surface area contributed by atoms with Gasteiger partial charge in [0.1, 0.15) is 0 Å². The van der Waals surface area contributed by atoms with Crippen LogP contribution in [-0.4, -0.2) is 36.3 Å². The van der Waals surface area contributed by atoms with Crippen molar-refractivity contribution in [1.29, 1.82) is 0 Å². The molecule has 8 nitrogen and oxygen atoms in total. The minimum absolute atomic E-state index is 0.0456. The SMILES string of the molecule is CC(=O)c1ccn2nc(C(=O)NCc3cnc(-c4ccnc(C)c4)c(C)c3)nc2c1. The van der Waals surface area contributed by atoms with Crippen molar-refractivity contribution in [3.63, 3.8) is 0 Å². The van der Waals surface area contributed by atoms with Crippen LogP contribution in [0.25, 0.3) is 16.9 Å². The lowest BCUT2D eigenvalue weighted by Crippen LogP contribution is -2.24. The average Bonchev–Trinajstić information content (AvgIpc) is 3.15. The quantitative estimate of drug-likeness (QED) is 0.517. The van der Waals surface area contributed by atoms with Gasteiger partial charge >= 0.3 is 0 Å². The molecule has 0 bridgehead atoms. The van der Waals surface area contributed by atoms with Gasteiger partial charge in [-0.3, -0.25) is 19.6 Å². The second-order valence-electron chi connectivity index (χ2n) is 7.09. The molecule has 0 fully saturated rings. The summed E-state index contributed by atoms with van der Waals surface area (Å²) in [5.74, 6) is -0.418. The van der Waals surface area contributed by atoms with Gasteiger partial charge in [0.2, 0.25) is 5.82 Å². The van der Waals surface area contributed by atoms with Gasteiger partial charge in [-0.2, -0.15) is 0 Å². The summed E-state index contributed by atoms with van der Waals surface area (Å²) in [5, 5.41) is 6.98. The number of ketones is 1. The number of carbonyl (C=O) groups is 2. The maximum Gasteiger partial charge on any atom is 0.291 e. The highest BCUT2D eigenvalue weighted by Gasteiger charge is 2.14. The molecule has 0 aliphatic rings. The molecular weight excluding hydrogens is 380 g/mol. The number of nitrogens with zero attached hydrogens (tertiary/aromatic N) is 5.